The van der Waals surface area contributed by atoms with E-state index in [1.807, 2.05) is 30.3 Å². The Labute approximate surface area is 153 Å². The third kappa shape index (κ3) is 3.39. The lowest BCUT2D eigenvalue weighted by Gasteiger charge is -2.39. The number of nitrogens with zero attached hydrogens (tertiary/aromatic N) is 2. The zero-order valence-electron chi connectivity index (χ0n) is 14.3. The molecule has 0 bridgehead atoms. The van der Waals surface area contributed by atoms with Crippen molar-refractivity contribution < 1.29 is 22.9 Å². The van der Waals surface area contributed by atoms with Crippen LogP contribution in [-0.2, 0) is 16.5 Å². The molecule has 8 heteroatoms. The molecule has 0 saturated heterocycles. The van der Waals surface area contributed by atoms with Gasteiger partial charge in [0.15, 0.2) is 0 Å². The smallest absolute Gasteiger partial charge is 0.305 e. The summed E-state index contributed by atoms with van der Waals surface area (Å²) in [6, 6.07) is 11.8. The van der Waals surface area contributed by atoms with Gasteiger partial charge in [-0.3, -0.25) is 14.9 Å². The summed E-state index contributed by atoms with van der Waals surface area (Å²) in [5.74, 6) is 0. The summed E-state index contributed by atoms with van der Waals surface area (Å²) >= 11 is 0. The van der Waals surface area contributed by atoms with E-state index in [-0.39, 0.29) is 5.69 Å². The number of alkyl halides is 3. The number of hydrogen-bond donors (Lipinski definition) is 0. The Hall–Kier alpha value is -2.90. The van der Waals surface area contributed by atoms with Gasteiger partial charge in [-0.1, -0.05) is 43.2 Å². The van der Waals surface area contributed by atoms with E-state index in [4.69, 9.17) is 0 Å². The average molecular weight is 378 g/mol. The molecule has 5 nitrogen and oxygen atoms in total. The number of nitro benzene ring substituents is 1. The van der Waals surface area contributed by atoms with Crippen LogP contribution in [0.5, 0.6) is 0 Å². The second kappa shape index (κ2) is 7.02. The van der Waals surface area contributed by atoms with Crippen LogP contribution in [0.4, 0.5) is 24.5 Å². The number of benzene rings is 2. The van der Waals surface area contributed by atoms with Crippen molar-refractivity contribution in [2.24, 2.45) is 0 Å². The minimum Gasteiger partial charge on any atom is -0.305 e. The van der Waals surface area contributed by atoms with Crippen LogP contribution in [0.15, 0.2) is 48.5 Å². The van der Waals surface area contributed by atoms with Crippen LogP contribution >= 0.6 is 0 Å². The molecule has 1 saturated carbocycles. The molecule has 1 amide bonds. The molecule has 0 spiro atoms. The van der Waals surface area contributed by atoms with Gasteiger partial charge in [0.05, 0.1) is 10.5 Å². The van der Waals surface area contributed by atoms with Crippen LogP contribution in [0, 0.1) is 10.1 Å². The zero-order valence-corrected chi connectivity index (χ0v) is 14.3. The summed E-state index contributed by atoms with van der Waals surface area (Å²) in [6.45, 7) is 0. The number of anilines is 1. The SMILES string of the molecule is O=CN(c1ccc([N+](=O)[O-])c(C(F)(F)F)c1)C1(c2ccccc2)CCCC1. The molecule has 2 aromatic rings. The Balaban J connectivity index is 2.15. The maximum Gasteiger partial charge on any atom is 0.423 e. The highest BCUT2D eigenvalue weighted by Crippen LogP contribution is 2.47. The van der Waals surface area contributed by atoms with Gasteiger partial charge in [0, 0.05) is 11.8 Å². The number of amides is 1. The Kier molecular flexibility index (Phi) is 4.91. The van der Waals surface area contributed by atoms with Gasteiger partial charge >= 0.3 is 6.18 Å². The predicted molar refractivity (Wildman–Crippen MR) is 93.2 cm³/mol. The molecule has 0 N–H and O–H groups in total. The topological polar surface area (TPSA) is 63.5 Å². The molecule has 1 fully saturated rings. The van der Waals surface area contributed by atoms with Crippen LogP contribution in [0.2, 0.25) is 0 Å². The summed E-state index contributed by atoms with van der Waals surface area (Å²) in [5.41, 5.74) is -2.33. The number of halogens is 3. The standard InChI is InChI=1S/C19H17F3N2O3/c20-19(21,22)16-12-15(8-9-17(16)24(26)27)23(13-25)18(10-4-5-11-18)14-6-2-1-3-7-14/h1-3,6-9,12-13H,4-5,10-11H2. The van der Waals surface area contributed by atoms with E-state index in [2.05, 4.69) is 0 Å². The number of rotatable bonds is 5. The van der Waals surface area contributed by atoms with E-state index < -0.39 is 27.9 Å². The lowest BCUT2D eigenvalue weighted by molar-refractivity contribution is -0.388. The third-order valence-corrected chi connectivity index (χ3v) is 5.07. The summed E-state index contributed by atoms with van der Waals surface area (Å²) in [6.07, 6.45) is -1.51. The second-order valence-corrected chi connectivity index (χ2v) is 6.54. The normalized spacial score (nSPS) is 16.1. The molecule has 3 rings (SSSR count). The highest BCUT2D eigenvalue weighted by atomic mass is 19.4. The first-order chi connectivity index (χ1) is 12.8. The molecular formula is C19H17F3N2O3. The fourth-order valence-corrected chi connectivity index (χ4v) is 3.85. The van der Waals surface area contributed by atoms with Gasteiger partial charge in [0.2, 0.25) is 6.41 Å². The average Bonchev–Trinajstić information content (AvgIpc) is 3.13. The number of nitro groups is 1. The summed E-state index contributed by atoms with van der Waals surface area (Å²) in [4.78, 5) is 23.2. The molecule has 142 valence electrons. The Morgan fingerprint density at radius 2 is 1.70 bits per heavy atom. The van der Waals surface area contributed by atoms with Crippen molar-refractivity contribution in [1.82, 2.24) is 0 Å². The molecule has 0 unspecified atom stereocenters. The van der Waals surface area contributed by atoms with E-state index >= 15 is 0 Å². The molecule has 0 aliphatic heterocycles. The van der Waals surface area contributed by atoms with E-state index in [0.29, 0.717) is 25.3 Å². The van der Waals surface area contributed by atoms with E-state index in [1.165, 1.54) is 11.0 Å². The first-order valence-corrected chi connectivity index (χ1v) is 8.45. The Morgan fingerprint density at radius 1 is 1.07 bits per heavy atom. The van der Waals surface area contributed by atoms with Crippen molar-refractivity contribution in [3.8, 4) is 0 Å². The van der Waals surface area contributed by atoms with Crippen molar-refractivity contribution >= 4 is 17.8 Å². The van der Waals surface area contributed by atoms with Crippen LogP contribution in [0.1, 0.15) is 36.8 Å². The highest BCUT2D eigenvalue weighted by molar-refractivity contribution is 5.79. The molecule has 0 atom stereocenters. The summed E-state index contributed by atoms with van der Waals surface area (Å²) < 4.78 is 40.0. The molecule has 1 aliphatic carbocycles. The first kappa shape index (κ1) is 18.9. The monoisotopic (exact) mass is 378 g/mol. The van der Waals surface area contributed by atoms with Gasteiger partial charge < -0.3 is 4.90 Å². The van der Waals surface area contributed by atoms with Crippen LogP contribution in [0.25, 0.3) is 0 Å². The van der Waals surface area contributed by atoms with Crippen molar-refractivity contribution in [3.63, 3.8) is 0 Å². The van der Waals surface area contributed by atoms with Gasteiger partial charge in [-0.05, 0) is 30.5 Å². The first-order valence-electron chi connectivity index (χ1n) is 8.45. The van der Waals surface area contributed by atoms with Gasteiger partial charge in [0.25, 0.3) is 5.69 Å². The Morgan fingerprint density at radius 3 is 2.22 bits per heavy atom. The fraction of sp³-hybridized carbons (Fsp3) is 0.316. The molecule has 0 radical (unpaired) electrons. The minimum atomic E-state index is -4.90. The summed E-state index contributed by atoms with van der Waals surface area (Å²) in [5, 5.41) is 11.0. The zero-order chi connectivity index (χ0) is 19.7. The van der Waals surface area contributed by atoms with Crippen molar-refractivity contribution in [2.75, 3.05) is 4.90 Å². The summed E-state index contributed by atoms with van der Waals surface area (Å²) in [7, 11) is 0. The van der Waals surface area contributed by atoms with Crippen LogP contribution in [-0.4, -0.2) is 11.3 Å². The molecular weight excluding hydrogens is 361 g/mol. The fourth-order valence-electron chi connectivity index (χ4n) is 3.85. The van der Waals surface area contributed by atoms with Crippen molar-refractivity contribution in [1.29, 1.82) is 0 Å². The lowest BCUT2D eigenvalue weighted by atomic mass is 9.86. The maximum atomic E-state index is 13.3. The molecule has 1 aliphatic rings. The van der Waals surface area contributed by atoms with E-state index in [1.54, 1.807) is 0 Å². The molecule has 0 aromatic heterocycles. The number of hydrogen-bond acceptors (Lipinski definition) is 3. The quantitative estimate of drug-likeness (QED) is 0.416. The van der Waals surface area contributed by atoms with Crippen LogP contribution < -0.4 is 4.90 Å². The lowest BCUT2D eigenvalue weighted by Crippen LogP contribution is -2.43. The van der Waals surface area contributed by atoms with Gasteiger partial charge in [-0.2, -0.15) is 13.2 Å². The largest absolute Gasteiger partial charge is 0.423 e. The van der Waals surface area contributed by atoms with Gasteiger partial charge in [0.1, 0.15) is 5.56 Å². The van der Waals surface area contributed by atoms with Gasteiger partial charge in [-0.15, -0.1) is 0 Å². The van der Waals surface area contributed by atoms with Crippen molar-refractivity contribution in [2.45, 2.75) is 37.4 Å². The predicted octanol–water partition coefficient (Wildman–Crippen LogP) is 5.05. The second-order valence-electron chi connectivity index (χ2n) is 6.54. The van der Waals surface area contributed by atoms with Gasteiger partial charge in [-0.25, -0.2) is 0 Å². The number of carbonyl (C=O) groups excluding carboxylic acids is 1. The highest BCUT2D eigenvalue weighted by Gasteiger charge is 2.44. The number of carbonyl (C=O) groups is 1. The molecule has 0 heterocycles. The van der Waals surface area contributed by atoms with Crippen molar-refractivity contribution in [3.05, 3.63) is 69.8 Å². The van der Waals surface area contributed by atoms with E-state index in [9.17, 15) is 28.1 Å². The van der Waals surface area contributed by atoms with E-state index in [0.717, 1.165) is 24.5 Å². The maximum absolute atomic E-state index is 13.3. The molecule has 27 heavy (non-hydrogen) atoms. The minimum absolute atomic E-state index is 0.00585. The third-order valence-electron chi connectivity index (χ3n) is 5.07. The van der Waals surface area contributed by atoms with Crippen LogP contribution in [0.3, 0.4) is 0 Å². The molecule has 2 aromatic carbocycles. The Bertz CT molecular complexity index is 847.